The zero-order valence-corrected chi connectivity index (χ0v) is 9.16. The lowest BCUT2D eigenvalue weighted by atomic mass is 10.1. The lowest BCUT2D eigenvalue weighted by Crippen LogP contribution is -2.20. The molecule has 0 radical (unpaired) electrons. The summed E-state index contributed by atoms with van der Waals surface area (Å²) in [6.07, 6.45) is 2.15. The first-order valence-electron chi connectivity index (χ1n) is 5.05. The van der Waals surface area contributed by atoms with E-state index in [-0.39, 0.29) is 11.8 Å². The summed E-state index contributed by atoms with van der Waals surface area (Å²) in [6.45, 7) is 4.34. The molecule has 0 bridgehead atoms. The Hall–Kier alpha value is -1.42. The second-order valence-corrected chi connectivity index (χ2v) is 3.73. The van der Waals surface area contributed by atoms with Crippen molar-refractivity contribution in [3.05, 3.63) is 24.0 Å². The average molecular weight is 207 g/mol. The molecule has 1 aromatic heterocycles. The van der Waals surface area contributed by atoms with Gasteiger partial charge in [0.2, 0.25) is 5.91 Å². The minimum absolute atomic E-state index is 0.0101. The minimum Gasteiger partial charge on any atom is -0.330 e. The van der Waals surface area contributed by atoms with Gasteiger partial charge in [0.15, 0.2) is 0 Å². The zero-order valence-electron chi connectivity index (χ0n) is 9.16. The number of nitrogens with one attached hydrogen (secondary N) is 1. The van der Waals surface area contributed by atoms with Crippen molar-refractivity contribution in [3.8, 4) is 0 Å². The number of aromatic nitrogens is 1. The number of amides is 1. The lowest BCUT2D eigenvalue weighted by molar-refractivity contribution is -0.116. The molecule has 82 valence electrons. The van der Waals surface area contributed by atoms with Crippen molar-refractivity contribution >= 4 is 11.6 Å². The largest absolute Gasteiger partial charge is 0.330 e. The number of anilines is 1. The summed E-state index contributed by atoms with van der Waals surface area (Å²) in [5, 5.41) is 2.82. The summed E-state index contributed by atoms with van der Waals surface area (Å²) in [4.78, 5) is 15.6. The normalized spacial score (nSPS) is 12.2. The maximum Gasteiger partial charge on any atom is 0.224 e. The van der Waals surface area contributed by atoms with Crippen LogP contribution < -0.4 is 11.1 Å². The van der Waals surface area contributed by atoms with E-state index in [0.29, 0.717) is 13.0 Å². The van der Waals surface area contributed by atoms with Crippen molar-refractivity contribution in [2.75, 3.05) is 11.9 Å². The number of rotatable bonds is 4. The third kappa shape index (κ3) is 3.67. The Labute approximate surface area is 89.9 Å². The van der Waals surface area contributed by atoms with E-state index in [1.807, 2.05) is 19.9 Å². The Balaban J connectivity index is 2.55. The Kier molecular flexibility index (Phi) is 4.24. The molecule has 4 nitrogen and oxygen atoms in total. The summed E-state index contributed by atoms with van der Waals surface area (Å²) in [5.41, 5.74) is 7.05. The molecular formula is C11H17N3O. The van der Waals surface area contributed by atoms with Gasteiger partial charge in [-0.3, -0.25) is 9.78 Å². The van der Waals surface area contributed by atoms with Crippen LogP contribution in [0.15, 0.2) is 18.3 Å². The fraction of sp³-hybridized carbons (Fsp3) is 0.455. The van der Waals surface area contributed by atoms with Crippen LogP contribution in [-0.2, 0) is 4.79 Å². The standard InChI is InChI=1S/C11H17N3O/c1-8(7-12)6-11(15)14-10-4-3-5-13-9(10)2/h3-5,8H,6-7,12H2,1-2H3,(H,14,15). The molecule has 3 N–H and O–H groups in total. The van der Waals surface area contributed by atoms with Gasteiger partial charge >= 0.3 is 0 Å². The summed E-state index contributed by atoms with van der Waals surface area (Å²) in [7, 11) is 0. The van der Waals surface area contributed by atoms with Crippen LogP contribution in [0.1, 0.15) is 19.0 Å². The maximum atomic E-state index is 11.5. The lowest BCUT2D eigenvalue weighted by Gasteiger charge is -2.10. The molecule has 4 heteroatoms. The highest BCUT2D eigenvalue weighted by Crippen LogP contribution is 2.11. The Bertz CT molecular complexity index is 338. The van der Waals surface area contributed by atoms with Gasteiger partial charge in [-0.05, 0) is 31.5 Å². The first-order chi connectivity index (χ1) is 7.13. The van der Waals surface area contributed by atoms with Crippen LogP contribution in [0.25, 0.3) is 0 Å². The molecule has 0 fully saturated rings. The minimum atomic E-state index is -0.0101. The molecule has 1 amide bonds. The highest BCUT2D eigenvalue weighted by molar-refractivity contribution is 5.91. The van der Waals surface area contributed by atoms with Crippen molar-refractivity contribution in [1.29, 1.82) is 0 Å². The Morgan fingerprint density at radius 3 is 3.00 bits per heavy atom. The third-order valence-electron chi connectivity index (χ3n) is 2.22. The van der Waals surface area contributed by atoms with E-state index in [2.05, 4.69) is 10.3 Å². The fourth-order valence-electron chi connectivity index (χ4n) is 1.22. The maximum absolute atomic E-state index is 11.5. The average Bonchev–Trinajstić information content (AvgIpc) is 2.21. The molecule has 1 heterocycles. The number of hydrogen-bond donors (Lipinski definition) is 2. The van der Waals surface area contributed by atoms with Gasteiger partial charge in [0.05, 0.1) is 11.4 Å². The van der Waals surface area contributed by atoms with Crippen LogP contribution in [0.5, 0.6) is 0 Å². The van der Waals surface area contributed by atoms with E-state index >= 15 is 0 Å². The molecule has 1 aromatic rings. The van der Waals surface area contributed by atoms with Gasteiger partial charge in [0.1, 0.15) is 0 Å². The van der Waals surface area contributed by atoms with Gasteiger partial charge in [0, 0.05) is 12.6 Å². The molecule has 0 saturated carbocycles. The van der Waals surface area contributed by atoms with Crippen molar-refractivity contribution in [2.24, 2.45) is 11.7 Å². The van der Waals surface area contributed by atoms with Gasteiger partial charge in [0.25, 0.3) is 0 Å². The van der Waals surface area contributed by atoms with Crippen LogP contribution in [0, 0.1) is 12.8 Å². The van der Waals surface area contributed by atoms with Crippen LogP contribution in [-0.4, -0.2) is 17.4 Å². The molecule has 0 saturated heterocycles. The van der Waals surface area contributed by atoms with Gasteiger partial charge in [-0.2, -0.15) is 0 Å². The van der Waals surface area contributed by atoms with E-state index < -0.39 is 0 Å². The highest BCUT2D eigenvalue weighted by atomic mass is 16.1. The molecular weight excluding hydrogens is 190 g/mol. The van der Waals surface area contributed by atoms with E-state index in [1.165, 1.54) is 0 Å². The quantitative estimate of drug-likeness (QED) is 0.782. The van der Waals surface area contributed by atoms with Crippen molar-refractivity contribution < 1.29 is 4.79 Å². The molecule has 15 heavy (non-hydrogen) atoms. The van der Waals surface area contributed by atoms with Crippen LogP contribution >= 0.6 is 0 Å². The molecule has 1 atom stereocenters. The number of pyridine rings is 1. The number of carbonyl (C=O) groups is 1. The van der Waals surface area contributed by atoms with Gasteiger partial charge in [-0.15, -0.1) is 0 Å². The molecule has 0 spiro atoms. The SMILES string of the molecule is Cc1ncccc1NC(=O)CC(C)CN. The second kappa shape index (κ2) is 5.46. The molecule has 1 rings (SSSR count). The van der Waals surface area contributed by atoms with Gasteiger partial charge < -0.3 is 11.1 Å². The zero-order chi connectivity index (χ0) is 11.3. The predicted molar refractivity (Wildman–Crippen MR) is 60.4 cm³/mol. The van der Waals surface area contributed by atoms with Gasteiger partial charge in [-0.1, -0.05) is 6.92 Å². The third-order valence-corrected chi connectivity index (χ3v) is 2.22. The molecule has 0 aliphatic heterocycles. The summed E-state index contributed by atoms with van der Waals surface area (Å²) >= 11 is 0. The first-order valence-corrected chi connectivity index (χ1v) is 5.05. The number of hydrogen-bond acceptors (Lipinski definition) is 3. The molecule has 0 aromatic carbocycles. The number of carbonyl (C=O) groups excluding carboxylic acids is 1. The number of nitrogens with zero attached hydrogens (tertiary/aromatic N) is 1. The van der Waals surface area contributed by atoms with Gasteiger partial charge in [-0.25, -0.2) is 0 Å². The summed E-state index contributed by atoms with van der Waals surface area (Å²) < 4.78 is 0. The number of nitrogens with two attached hydrogens (primary N) is 1. The van der Waals surface area contributed by atoms with Crippen molar-refractivity contribution in [1.82, 2.24) is 4.98 Å². The van der Waals surface area contributed by atoms with E-state index in [9.17, 15) is 4.79 Å². The van der Waals surface area contributed by atoms with Crippen molar-refractivity contribution in [3.63, 3.8) is 0 Å². The van der Waals surface area contributed by atoms with Crippen molar-refractivity contribution in [2.45, 2.75) is 20.3 Å². The summed E-state index contributed by atoms with van der Waals surface area (Å²) in [6, 6.07) is 3.64. The number of aryl methyl sites for hydroxylation is 1. The topological polar surface area (TPSA) is 68.0 Å². The van der Waals surface area contributed by atoms with E-state index in [0.717, 1.165) is 11.4 Å². The predicted octanol–water partition coefficient (Wildman–Crippen LogP) is 1.31. The second-order valence-electron chi connectivity index (χ2n) is 3.73. The molecule has 0 aliphatic rings. The smallest absolute Gasteiger partial charge is 0.224 e. The van der Waals surface area contributed by atoms with Crippen LogP contribution in [0.4, 0.5) is 5.69 Å². The molecule has 0 aliphatic carbocycles. The molecule has 1 unspecified atom stereocenters. The highest BCUT2D eigenvalue weighted by Gasteiger charge is 2.08. The fourth-order valence-corrected chi connectivity index (χ4v) is 1.22. The van der Waals surface area contributed by atoms with E-state index in [4.69, 9.17) is 5.73 Å². The summed E-state index contributed by atoms with van der Waals surface area (Å²) in [5.74, 6) is 0.200. The monoisotopic (exact) mass is 207 g/mol. The Morgan fingerprint density at radius 1 is 1.67 bits per heavy atom. The van der Waals surface area contributed by atoms with E-state index in [1.54, 1.807) is 12.3 Å². The Morgan fingerprint density at radius 2 is 2.40 bits per heavy atom. The van der Waals surface area contributed by atoms with Crippen LogP contribution in [0.2, 0.25) is 0 Å². The first kappa shape index (κ1) is 11.7. The van der Waals surface area contributed by atoms with Crippen LogP contribution in [0.3, 0.4) is 0 Å².